The molecule has 1 atom stereocenters. The molecule has 3 aromatic heterocycles. The molecule has 10 heteroatoms. The third kappa shape index (κ3) is 4.54. The second kappa shape index (κ2) is 9.98. The lowest BCUT2D eigenvalue weighted by Crippen LogP contribution is -2.50. The Balaban J connectivity index is 1.25. The van der Waals surface area contributed by atoms with Gasteiger partial charge in [0.25, 0.3) is 5.91 Å². The lowest BCUT2D eigenvalue weighted by Gasteiger charge is -2.36. The molecule has 1 aromatic carbocycles. The first-order valence-corrected chi connectivity index (χ1v) is 11.6. The van der Waals surface area contributed by atoms with E-state index in [1.807, 2.05) is 41.4 Å². The highest BCUT2D eigenvalue weighted by Crippen LogP contribution is 2.27. The van der Waals surface area contributed by atoms with Crippen LogP contribution in [-0.4, -0.2) is 67.9 Å². The smallest absolute Gasteiger partial charge is 0.256 e. The summed E-state index contributed by atoms with van der Waals surface area (Å²) >= 11 is 0. The zero-order valence-electron chi connectivity index (χ0n) is 19.4. The van der Waals surface area contributed by atoms with Crippen LogP contribution in [0.3, 0.4) is 0 Å². The van der Waals surface area contributed by atoms with E-state index in [0.29, 0.717) is 39.1 Å². The Labute approximate surface area is 207 Å². The summed E-state index contributed by atoms with van der Waals surface area (Å²) in [6.07, 6.45) is 7.67. The molecule has 0 unspecified atom stereocenters. The highest BCUT2D eigenvalue weighted by atomic mass is 19.1. The standard InChI is InChI=1S/C26H23FN8O/c27-23-13-18(14-29)1-2-21(23)26(36)34-11-9-33(10-12-34)16-20(3-6-28)35-8-5-19(15-35)24-22-4-7-30-25(22)32-17-31-24/h1-2,4-5,7-8,13,15,17,20H,3,9-12,16H2,(H,30,31,32)/t20-/m1/s1. The van der Waals surface area contributed by atoms with E-state index in [9.17, 15) is 14.4 Å². The van der Waals surface area contributed by atoms with Crippen LogP contribution in [0.2, 0.25) is 0 Å². The fraction of sp³-hybridized carbons (Fsp3) is 0.269. The predicted molar refractivity (Wildman–Crippen MR) is 130 cm³/mol. The molecule has 1 aliphatic rings. The molecule has 0 radical (unpaired) electrons. The van der Waals surface area contributed by atoms with Gasteiger partial charge in [-0.25, -0.2) is 14.4 Å². The van der Waals surface area contributed by atoms with Crippen LogP contribution in [0.5, 0.6) is 0 Å². The number of halogens is 1. The summed E-state index contributed by atoms with van der Waals surface area (Å²) in [6, 6.07) is 11.9. The molecule has 4 heterocycles. The summed E-state index contributed by atoms with van der Waals surface area (Å²) < 4.78 is 16.3. The lowest BCUT2D eigenvalue weighted by molar-refractivity contribution is 0.0615. The van der Waals surface area contributed by atoms with Crippen LogP contribution < -0.4 is 0 Å². The van der Waals surface area contributed by atoms with Gasteiger partial charge in [0, 0.05) is 62.3 Å². The molecule has 1 N–H and O–H groups in total. The summed E-state index contributed by atoms with van der Waals surface area (Å²) in [5, 5.41) is 19.3. The van der Waals surface area contributed by atoms with Crippen LogP contribution >= 0.6 is 0 Å². The number of aromatic amines is 1. The molecule has 1 saturated heterocycles. The van der Waals surface area contributed by atoms with Crippen molar-refractivity contribution in [2.75, 3.05) is 32.7 Å². The predicted octanol–water partition coefficient (Wildman–Crippen LogP) is 3.35. The summed E-state index contributed by atoms with van der Waals surface area (Å²) in [4.78, 5) is 28.4. The molecule has 1 aliphatic heterocycles. The first-order valence-electron chi connectivity index (χ1n) is 11.6. The van der Waals surface area contributed by atoms with Gasteiger partial charge in [0.05, 0.1) is 41.4 Å². The monoisotopic (exact) mass is 482 g/mol. The largest absolute Gasteiger partial charge is 0.348 e. The number of hydrogen-bond donors (Lipinski definition) is 1. The Morgan fingerprint density at radius 1 is 1.14 bits per heavy atom. The van der Waals surface area contributed by atoms with Crippen molar-refractivity contribution < 1.29 is 9.18 Å². The van der Waals surface area contributed by atoms with Crippen LogP contribution in [0.1, 0.15) is 28.4 Å². The SMILES string of the molecule is N#CC[C@H](CN1CCN(C(=O)c2ccc(C#N)cc2F)CC1)n1ccc(-c2ncnc3[nH]ccc23)c1. The Hall–Kier alpha value is -4.54. The zero-order valence-corrected chi connectivity index (χ0v) is 19.4. The molecule has 36 heavy (non-hydrogen) atoms. The molecule has 0 aliphatic carbocycles. The minimum absolute atomic E-state index is 0.0223. The second-order valence-electron chi connectivity index (χ2n) is 8.72. The maximum absolute atomic E-state index is 14.3. The van der Waals surface area contributed by atoms with E-state index in [1.165, 1.54) is 18.5 Å². The molecule has 9 nitrogen and oxygen atoms in total. The van der Waals surface area contributed by atoms with E-state index in [4.69, 9.17) is 5.26 Å². The summed E-state index contributed by atoms with van der Waals surface area (Å²) in [7, 11) is 0. The molecule has 0 spiro atoms. The zero-order chi connectivity index (χ0) is 25.1. The summed E-state index contributed by atoms with van der Waals surface area (Å²) in [5.41, 5.74) is 2.71. The number of nitrogens with zero attached hydrogens (tertiary/aromatic N) is 7. The number of nitriles is 2. The Kier molecular flexibility index (Phi) is 6.44. The van der Waals surface area contributed by atoms with E-state index in [0.717, 1.165) is 28.4 Å². The van der Waals surface area contributed by atoms with E-state index in [-0.39, 0.29) is 23.1 Å². The quantitative estimate of drug-likeness (QED) is 0.450. The number of hydrogen-bond acceptors (Lipinski definition) is 6. The minimum atomic E-state index is -0.681. The normalized spacial score (nSPS) is 14.9. The van der Waals surface area contributed by atoms with Gasteiger partial charge in [0.2, 0.25) is 0 Å². The van der Waals surface area contributed by atoms with Gasteiger partial charge in [-0.2, -0.15) is 10.5 Å². The maximum atomic E-state index is 14.3. The van der Waals surface area contributed by atoms with Crippen LogP contribution in [0.4, 0.5) is 4.39 Å². The summed E-state index contributed by atoms with van der Waals surface area (Å²) in [5.74, 6) is -1.05. The number of carbonyl (C=O) groups is 1. The van der Waals surface area contributed by atoms with Crippen LogP contribution in [0.15, 0.2) is 55.2 Å². The van der Waals surface area contributed by atoms with Gasteiger partial charge in [-0.15, -0.1) is 0 Å². The van der Waals surface area contributed by atoms with Crippen LogP contribution in [0.25, 0.3) is 22.3 Å². The third-order valence-electron chi connectivity index (χ3n) is 6.55. The van der Waals surface area contributed by atoms with Gasteiger partial charge in [-0.05, 0) is 30.3 Å². The highest BCUT2D eigenvalue weighted by molar-refractivity contribution is 5.94. The highest BCUT2D eigenvalue weighted by Gasteiger charge is 2.26. The van der Waals surface area contributed by atoms with Crippen molar-refractivity contribution in [3.8, 4) is 23.4 Å². The van der Waals surface area contributed by atoms with Crippen molar-refractivity contribution in [2.45, 2.75) is 12.5 Å². The average Bonchev–Trinajstić information content (AvgIpc) is 3.58. The maximum Gasteiger partial charge on any atom is 0.256 e. The van der Waals surface area contributed by atoms with Gasteiger partial charge in [0.15, 0.2) is 0 Å². The molecule has 0 bridgehead atoms. The fourth-order valence-electron chi connectivity index (χ4n) is 4.61. The number of aromatic nitrogens is 4. The number of piperazine rings is 1. The van der Waals surface area contributed by atoms with Crippen molar-refractivity contribution in [3.63, 3.8) is 0 Å². The van der Waals surface area contributed by atoms with E-state index >= 15 is 0 Å². The van der Waals surface area contributed by atoms with E-state index in [1.54, 1.807) is 4.90 Å². The number of carbonyl (C=O) groups excluding carboxylic acids is 1. The Morgan fingerprint density at radius 2 is 1.97 bits per heavy atom. The average molecular weight is 483 g/mol. The minimum Gasteiger partial charge on any atom is -0.348 e. The van der Waals surface area contributed by atoms with E-state index in [2.05, 4.69) is 25.9 Å². The molecule has 0 saturated carbocycles. The van der Waals surface area contributed by atoms with Gasteiger partial charge in [-0.3, -0.25) is 9.69 Å². The van der Waals surface area contributed by atoms with Gasteiger partial charge in [0.1, 0.15) is 17.8 Å². The van der Waals surface area contributed by atoms with Gasteiger partial charge < -0.3 is 14.5 Å². The number of fused-ring (bicyclic) bond motifs is 1. The molecule has 5 rings (SSSR count). The van der Waals surface area contributed by atoms with Crippen molar-refractivity contribution in [2.24, 2.45) is 0 Å². The number of benzene rings is 1. The number of amides is 1. The summed E-state index contributed by atoms with van der Waals surface area (Å²) in [6.45, 7) is 2.81. The number of rotatable bonds is 6. The Morgan fingerprint density at radius 3 is 2.72 bits per heavy atom. The first-order chi connectivity index (χ1) is 17.6. The van der Waals surface area contributed by atoms with Crippen molar-refractivity contribution in [1.29, 1.82) is 10.5 Å². The molecule has 1 fully saturated rings. The lowest BCUT2D eigenvalue weighted by atomic mass is 10.1. The van der Waals surface area contributed by atoms with Crippen molar-refractivity contribution >= 4 is 16.9 Å². The van der Waals surface area contributed by atoms with Crippen LogP contribution in [-0.2, 0) is 0 Å². The van der Waals surface area contributed by atoms with E-state index < -0.39 is 5.82 Å². The second-order valence-corrected chi connectivity index (χ2v) is 8.72. The molecule has 1 amide bonds. The van der Waals surface area contributed by atoms with Crippen molar-refractivity contribution in [1.82, 2.24) is 29.3 Å². The van der Waals surface area contributed by atoms with Gasteiger partial charge >= 0.3 is 0 Å². The first kappa shape index (κ1) is 23.2. The third-order valence-corrected chi connectivity index (χ3v) is 6.55. The van der Waals surface area contributed by atoms with Gasteiger partial charge in [-0.1, -0.05) is 0 Å². The van der Waals surface area contributed by atoms with Crippen LogP contribution in [0, 0.1) is 28.5 Å². The van der Waals surface area contributed by atoms with Crippen molar-refractivity contribution in [3.05, 3.63) is 72.2 Å². The Bertz CT molecular complexity index is 1490. The topological polar surface area (TPSA) is 118 Å². The molecular formula is C26H23FN8O. The fourth-order valence-corrected chi connectivity index (χ4v) is 4.61. The number of H-pyrrole nitrogens is 1. The molecular weight excluding hydrogens is 459 g/mol. The number of nitrogens with one attached hydrogen (secondary N) is 1. The molecule has 4 aromatic rings. The molecule has 180 valence electrons.